The van der Waals surface area contributed by atoms with Crippen LogP contribution in [-0.4, -0.2) is 0 Å². The Morgan fingerprint density at radius 2 is 1.70 bits per heavy atom. The van der Waals surface area contributed by atoms with E-state index >= 15 is 0 Å². The van der Waals surface area contributed by atoms with Crippen molar-refractivity contribution in [1.29, 1.82) is 0 Å². The highest BCUT2D eigenvalue weighted by Gasteiger charge is 1.81. The van der Waals surface area contributed by atoms with Crippen LogP contribution in [0.2, 0.25) is 0 Å². The molecule has 0 saturated carbocycles. The Bertz CT molecular complexity index is 190. The first-order valence-corrected chi connectivity index (χ1v) is 3.93. The van der Waals surface area contributed by atoms with Gasteiger partial charge in [0.05, 0.1) is 0 Å². The van der Waals surface area contributed by atoms with E-state index in [1.54, 1.807) is 24.3 Å². The second-order valence-corrected chi connectivity index (χ2v) is 2.47. The third-order valence-electron chi connectivity index (χ3n) is 0.994. The van der Waals surface area contributed by atoms with Gasteiger partial charge in [0.25, 0.3) is 0 Å². The molecule has 4 heteroatoms. The smallest absolute Gasteiger partial charge is 0.0351 e. The first-order chi connectivity index (χ1) is 4.79. The minimum Gasteiger partial charge on any atom is -0.826 e. The average molecular weight is 155 g/mol. The van der Waals surface area contributed by atoms with Gasteiger partial charge in [-0.2, -0.15) is 0 Å². The summed E-state index contributed by atoms with van der Waals surface area (Å²) in [6.45, 7) is 0. The molecule has 1 aromatic rings. The monoisotopic (exact) mass is 155 g/mol. The third-order valence-corrected chi connectivity index (χ3v) is 1.43. The van der Waals surface area contributed by atoms with E-state index in [4.69, 9.17) is 0 Å². The van der Waals surface area contributed by atoms with Crippen LogP contribution in [-0.2, 0) is 0 Å². The molecule has 0 amide bonds. The Hall–Kier alpha value is -0.630. The van der Waals surface area contributed by atoms with Gasteiger partial charge in [-0.25, -0.2) is 8.53 Å². The van der Waals surface area contributed by atoms with Gasteiger partial charge in [-0.1, -0.05) is 18.2 Å². The van der Waals surface area contributed by atoms with Gasteiger partial charge in [0.1, 0.15) is 0 Å². The zero-order chi connectivity index (χ0) is 7.40. The van der Waals surface area contributed by atoms with Crippen LogP contribution in [0, 0.1) is 0 Å². The molecule has 0 aromatic heterocycles. The Labute approximate surface area is 60.3 Å². The van der Waals surface area contributed by atoms with Crippen molar-refractivity contribution in [2.75, 3.05) is 5.09 Å². The minimum absolute atomic E-state index is 0.596. The van der Waals surface area contributed by atoms with Crippen LogP contribution in [0.3, 0.4) is 0 Å². The standard InChI is InChI=1S/C6H6NO2P/c8-10(9)7-6-4-2-1-3-5-6/h1-5,7H/q-2. The van der Waals surface area contributed by atoms with Crippen molar-refractivity contribution in [3.05, 3.63) is 30.3 Å². The fraction of sp³-hybridized carbons (Fsp3) is 0. The van der Waals surface area contributed by atoms with E-state index in [1.807, 2.05) is 6.07 Å². The largest absolute Gasteiger partial charge is 0.826 e. The predicted molar refractivity (Wildman–Crippen MR) is 37.0 cm³/mol. The van der Waals surface area contributed by atoms with Crippen LogP contribution in [0.1, 0.15) is 0 Å². The van der Waals surface area contributed by atoms with Crippen LogP contribution in [0.25, 0.3) is 0 Å². The van der Waals surface area contributed by atoms with Crippen LogP contribution in [0.5, 0.6) is 0 Å². The zero-order valence-corrected chi connectivity index (χ0v) is 6.04. The van der Waals surface area contributed by atoms with Crippen molar-refractivity contribution in [2.45, 2.75) is 0 Å². The molecule has 0 radical (unpaired) electrons. The lowest BCUT2D eigenvalue weighted by molar-refractivity contribution is -0.290. The van der Waals surface area contributed by atoms with Gasteiger partial charge < -0.3 is 14.9 Å². The molecule has 3 nitrogen and oxygen atoms in total. The first-order valence-electron chi connectivity index (χ1n) is 2.75. The maximum Gasteiger partial charge on any atom is 0.0351 e. The molecule has 0 aliphatic heterocycles. The lowest BCUT2D eigenvalue weighted by Gasteiger charge is -2.31. The van der Waals surface area contributed by atoms with Gasteiger partial charge in [-0.3, -0.25) is 0 Å². The van der Waals surface area contributed by atoms with E-state index < -0.39 is 8.53 Å². The Balaban J connectivity index is 2.59. The lowest BCUT2D eigenvalue weighted by atomic mass is 10.3. The van der Waals surface area contributed by atoms with Crippen LogP contribution >= 0.6 is 8.53 Å². The van der Waals surface area contributed by atoms with Crippen molar-refractivity contribution in [1.82, 2.24) is 0 Å². The normalized spacial score (nSPS) is 9.90. The molecule has 10 heavy (non-hydrogen) atoms. The summed E-state index contributed by atoms with van der Waals surface area (Å²) in [5, 5.41) is 2.26. The molecule has 0 bridgehead atoms. The van der Waals surface area contributed by atoms with Gasteiger partial charge in [0, 0.05) is 5.69 Å². The Kier molecular flexibility index (Phi) is 2.63. The molecule has 0 saturated heterocycles. The second kappa shape index (κ2) is 3.52. The van der Waals surface area contributed by atoms with Crippen molar-refractivity contribution in [3.8, 4) is 0 Å². The fourth-order valence-corrected chi connectivity index (χ4v) is 0.978. The summed E-state index contributed by atoms with van der Waals surface area (Å²) in [4.78, 5) is 20.2. The molecule has 1 rings (SSSR count). The lowest BCUT2D eigenvalue weighted by Crippen LogP contribution is -2.14. The maximum atomic E-state index is 10.1. The van der Waals surface area contributed by atoms with Gasteiger partial charge >= 0.3 is 0 Å². The number of hydrogen-bond donors (Lipinski definition) is 1. The van der Waals surface area contributed by atoms with E-state index in [2.05, 4.69) is 5.09 Å². The summed E-state index contributed by atoms with van der Waals surface area (Å²) in [6, 6.07) is 8.72. The molecule has 0 heterocycles. The maximum absolute atomic E-state index is 10.1. The van der Waals surface area contributed by atoms with E-state index in [1.165, 1.54) is 0 Å². The van der Waals surface area contributed by atoms with Crippen LogP contribution < -0.4 is 14.9 Å². The fourth-order valence-electron chi connectivity index (χ4n) is 0.618. The number of anilines is 1. The topological polar surface area (TPSA) is 58.1 Å². The van der Waals surface area contributed by atoms with Gasteiger partial charge in [-0.05, 0) is 12.1 Å². The Morgan fingerprint density at radius 3 is 2.20 bits per heavy atom. The highest BCUT2D eigenvalue weighted by Crippen LogP contribution is 2.16. The summed E-state index contributed by atoms with van der Waals surface area (Å²) in [5.74, 6) is 0. The number of benzene rings is 1. The molecule has 54 valence electrons. The van der Waals surface area contributed by atoms with E-state index in [0.29, 0.717) is 5.69 Å². The highest BCUT2D eigenvalue weighted by atomic mass is 31.2. The van der Waals surface area contributed by atoms with Crippen molar-refractivity contribution in [2.24, 2.45) is 0 Å². The highest BCUT2D eigenvalue weighted by molar-refractivity contribution is 7.43. The molecule has 1 N–H and O–H groups in total. The summed E-state index contributed by atoms with van der Waals surface area (Å²) >= 11 is 0. The number of para-hydroxylation sites is 1. The summed E-state index contributed by atoms with van der Waals surface area (Å²) in [6.07, 6.45) is 0. The molecule has 0 spiro atoms. The minimum atomic E-state index is -2.53. The van der Waals surface area contributed by atoms with E-state index in [0.717, 1.165) is 0 Å². The first kappa shape index (κ1) is 7.48. The molecule has 0 atom stereocenters. The summed E-state index contributed by atoms with van der Waals surface area (Å²) in [5.41, 5.74) is 0.596. The van der Waals surface area contributed by atoms with Crippen molar-refractivity contribution >= 4 is 14.2 Å². The van der Waals surface area contributed by atoms with E-state index in [9.17, 15) is 9.79 Å². The summed E-state index contributed by atoms with van der Waals surface area (Å²) in [7, 11) is -2.53. The number of nitrogens with one attached hydrogen (secondary N) is 1. The third kappa shape index (κ3) is 2.31. The molecule has 0 aliphatic rings. The molecule has 0 unspecified atom stereocenters. The summed E-state index contributed by atoms with van der Waals surface area (Å²) < 4.78 is 0. The van der Waals surface area contributed by atoms with Gasteiger partial charge in [-0.15, -0.1) is 0 Å². The number of hydrogen-bond acceptors (Lipinski definition) is 3. The molecular formula is C6H6NO2P-2. The average Bonchev–Trinajstić information content (AvgIpc) is 1.88. The molecular weight excluding hydrogens is 149 g/mol. The Morgan fingerprint density at radius 1 is 1.10 bits per heavy atom. The van der Waals surface area contributed by atoms with Gasteiger partial charge in [0.2, 0.25) is 0 Å². The zero-order valence-electron chi connectivity index (χ0n) is 5.15. The quantitative estimate of drug-likeness (QED) is 0.613. The molecule has 0 aliphatic carbocycles. The number of rotatable bonds is 2. The molecule has 1 aromatic carbocycles. The van der Waals surface area contributed by atoms with Crippen molar-refractivity contribution in [3.63, 3.8) is 0 Å². The van der Waals surface area contributed by atoms with E-state index in [-0.39, 0.29) is 0 Å². The second-order valence-electron chi connectivity index (χ2n) is 1.73. The SMILES string of the molecule is [O-]P([O-])Nc1ccccc1. The van der Waals surface area contributed by atoms with Gasteiger partial charge in [0.15, 0.2) is 0 Å². The van der Waals surface area contributed by atoms with Crippen LogP contribution in [0.15, 0.2) is 30.3 Å². The van der Waals surface area contributed by atoms with Crippen molar-refractivity contribution < 1.29 is 9.79 Å². The predicted octanol–water partition coefficient (Wildman–Crippen LogP) is 0.0460. The van der Waals surface area contributed by atoms with Crippen LogP contribution in [0.4, 0.5) is 5.69 Å². The molecule has 0 fully saturated rings.